The van der Waals surface area contributed by atoms with E-state index in [0.717, 1.165) is 17.5 Å². The summed E-state index contributed by atoms with van der Waals surface area (Å²) in [6, 6.07) is 17.6. The molecule has 114 valence electrons. The van der Waals surface area contributed by atoms with Crippen LogP contribution >= 0.6 is 0 Å². The highest BCUT2D eigenvalue weighted by Gasteiger charge is 2.29. The van der Waals surface area contributed by atoms with Crippen molar-refractivity contribution < 1.29 is 9.59 Å². The average molecular weight is 296 g/mol. The fourth-order valence-electron chi connectivity index (χ4n) is 2.44. The van der Waals surface area contributed by atoms with Crippen molar-refractivity contribution >= 4 is 17.8 Å². The maximum atomic E-state index is 12.7. The zero-order valence-corrected chi connectivity index (χ0v) is 12.6. The molecule has 0 amide bonds. The summed E-state index contributed by atoms with van der Waals surface area (Å²) in [5.41, 5.74) is 7.47. The molecule has 4 nitrogen and oxygen atoms in total. The predicted octanol–water partition coefficient (Wildman–Crippen LogP) is 2.35. The van der Waals surface area contributed by atoms with Crippen molar-refractivity contribution in [2.24, 2.45) is 5.73 Å². The van der Waals surface area contributed by atoms with Crippen LogP contribution in [-0.2, 0) is 9.59 Å². The molecule has 0 aliphatic rings. The second kappa shape index (κ2) is 7.52. The molecule has 22 heavy (non-hydrogen) atoms. The molecule has 0 spiro atoms. The van der Waals surface area contributed by atoms with Crippen molar-refractivity contribution in [3.05, 3.63) is 66.2 Å². The minimum Gasteiger partial charge on any atom is -0.350 e. The lowest BCUT2D eigenvalue weighted by Crippen LogP contribution is -2.42. The first-order chi connectivity index (χ1) is 10.6. The molecule has 1 unspecified atom stereocenters. The van der Waals surface area contributed by atoms with E-state index in [2.05, 4.69) is 0 Å². The predicted molar refractivity (Wildman–Crippen MR) is 87.7 cm³/mol. The Kier molecular flexibility index (Phi) is 5.44. The summed E-state index contributed by atoms with van der Waals surface area (Å²) in [5, 5.41) is 0. The molecule has 0 bridgehead atoms. The van der Waals surface area contributed by atoms with E-state index in [0.29, 0.717) is 0 Å². The van der Waals surface area contributed by atoms with Gasteiger partial charge < -0.3 is 15.4 Å². The van der Waals surface area contributed by atoms with E-state index in [4.69, 9.17) is 5.73 Å². The smallest absolute Gasteiger partial charge is 0.176 e. The molecule has 0 fully saturated rings. The van der Waals surface area contributed by atoms with Gasteiger partial charge in [-0.05, 0) is 24.6 Å². The van der Waals surface area contributed by atoms with Gasteiger partial charge in [-0.3, -0.25) is 4.79 Å². The summed E-state index contributed by atoms with van der Waals surface area (Å²) in [6.45, 7) is 1.80. The Morgan fingerprint density at radius 2 is 1.64 bits per heavy atom. The third-order valence-electron chi connectivity index (χ3n) is 3.50. The quantitative estimate of drug-likeness (QED) is 0.797. The van der Waals surface area contributed by atoms with Crippen molar-refractivity contribution in [2.45, 2.75) is 19.0 Å². The number of Topliss-reactive ketones (excluding diaryl/α,β-unsaturated/α-hetero) is 1. The number of nitrogens with two attached hydrogens (primary N) is 1. The molecular weight excluding hydrogens is 276 g/mol. The van der Waals surface area contributed by atoms with Crippen LogP contribution < -0.4 is 10.6 Å². The minimum atomic E-state index is -0.608. The number of ketones is 1. The molecule has 2 atom stereocenters. The Hall–Kier alpha value is -2.46. The molecule has 0 aliphatic carbocycles. The fourth-order valence-corrected chi connectivity index (χ4v) is 2.44. The van der Waals surface area contributed by atoms with Crippen molar-refractivity contribution in [1.82, 2.24) is 0 Å². The van der Waals surface area contributed by atoms with Crippen LogP contribution in [0.2, 0.25) is 0 Å². The van der Waals surface area contributed by atoms with Crippen LogP contribution in [0.15, 0.2) is 60.7 Å². The van der Waals surface area contributed by atoms with Gasteiger partial charge in [0.1, 0.15) is 12.3 Å². The van der Waals surface area contributed by atoms with Crippen molar-refractivity contribution in [1.29, 1.82) is 0 Å². The van der Waals surface area contributed by atoms with E-state index in [9.17, 15) is 9.59 Å². The Morgan fingerprint density at radius 1 is 1.09 bits per heavy atom. The normalized spacial score (nSPS) is 13.2. The number of nitrogens with zero attached hydrogens (tertiary/aromatic N) is 1. The zero-order chi connectivity index (χ0) is 15.9. The summed E-state index contributed by atoms with van der Waals surface area (Å²) in [7, 11) is 0. The van der Waals surface area contributed by atoms with Gasteiger partial charge in [0, 0.05) is 5.69 Å². The minimum absolute atomic E-state index is 0.114. The zero-order valence-electron chi connectivity index (χ0n) is 12.6. The molecule has 2 aromatic rings. The first kappa shape index (κ1) is 15.9. The summed E-state index contributed by atoms with van der Waals surface area (Å²) in [6.07, 6.45) is 0.803. The molecule has 2 rings (SSSR count). The van der Waals surface area contributed by atoms with Crippen molar-refractivity contribution in [3.63, 3.8) is 0 Å². The number of hydrogen-bond donors (Lipinski definition) is 1. The summed E-state index contributed by atoms with van der Waals surface area (Å²) in [5.74, 6) is -0.114. The Bertz CT molecular complexity index is 611. The van der Waals surface area contributed by atoms with Gasteiger partial charge in [0.2, 0.25) is 0 Å². The first-order valence-corrected chi connectivity index (χ1v) is 7.24. The SMILES string of the molecule is C[C@H](N)C(=O)C(c1ccccc1)N(CC=O)c1ccccc1. The number of carbonyl (C=O) groups excluding carboxylic acids is 2. The molecule has 0 saturated heterocycles. The first-order valence-electron chi connectivity index (χ1n) is 7.24. The molecule has 2 aromatic carbocycles. The maximum Gasteiger partial charge on any atom is 0.176 e. The van der Waals surface area contributed by atoms with Crippen LogP contribution in [0, 0.1) is 0 Å². The van der Waals surface area contributed by atoms with Gasteiger partial charge in [0.25, 0.3) is 0 Å². The lowest BCUT2D eigenvalue weighted by molar-refractivity contribution is -0.121. The Balaban J connectivity index is 2.49. The van der Waals surface area contributed by atoms with E-state index in [-0.39, 0.29) is 12.3 Å². The lowest BCUT2D eigenvalue weighted by atomic mass is 9.96. The maximum absolute atomic E-state index is 12.7. The highest BCUT2D eigenvalue weighted by molar-refractivity contribution is 5.93. The third kappa shape index (κ3) is 3.59. The van der Waals surface area contributed by atoms with Gasteiger partial charge >= 0.3 is 0 Å². The molecule has 0 aliphatic heterocycles. The number of rotatable bonds is 7. The van der Waals surface area contributed by atoms with Crippen LogP contribution in [-0.4, -0.2) is 24.7 Å². The monoisotopic (exact) mass is 296 g/mol. The number of hydrogen-bond acceptors (Lipinski definition) is 4. The van der Waals surface area contributed by atoms with E-state index >= 15 is 0 Å². The van der Waals surface area contributed by atoms with Gasteiger partial charge in [-0.1, -0.05) is 48.5 Å². The summed E-state index contributed by atoms with van der Waals surface area (Å²) in [4.78, 5) is 25.6. The van der Waals surface area contributed by atoms with Crippen LogP contribution in [0.4, 0.5) is 5.69 Å². The number of aldehydes is 1. The highest BCUT2D eigenvalue weighted by Crippen LogP contribution is 2.28. The topological polar surface area (TPSA) is 63.4 Å². The van der Waals surface area contributed by atoms with Crippen molar-refractivity contribution in [3.8, 4) is 0 Å². The molecule has 0 aromatic heterocycles. The molecule has 2 N–H and O–H groups in total. The number of benzene rings is 2. The molecule has 0 heterocycles. The molecule has 0 saturated carbocycles. The molecule has 4 heteroatoms. The number of para-hydroxylation sites is 1. The number of carbonyl (C=O) groups is 2. The van der Waals surface area contributed by atoms with Crippen LogP contribution in [0.5, 0.6) is 0 Å². The van der Waals surface area contributed by atoms with Crippen LogP contribution in [0.3, 0.4) is 0 Å². The van der Waals surface area contributed by atoms with Crippen molar-refractivity contribution in [2.75, 3.05) is 11.4 Å². The second-order valence-electron chi connectivity index (χ2n) is 5.16. The molecule has 0 radical (unpaired) electrons. The largest absolute Gasteiger partial charge is 0.350 e. The van der Waals surface area contributed by atoms with Gasteiger partial charge in [0.05, 0.1) is 12.6 Å². The lowest BCUT2D eigenvalue weighted by Gasteiger charge is -2.32. The highest BCUT2D eigenvalue weighted by atomic mass is 16.1. The van der Waals surface area contributed by atoms with E-state index in [1.807, 2.05) is 60.7 Å². The van der Waals surface area contributed by atoms with Crippen LogP contribution in [0.25, 0.3) is 0 Å². The second-order valence-corrected chi connectivity index (χ2v) is 5.16. The summed E-state index contributed by atoms with van der Waals surface area (Å²) >= 11 is 0. The van der Waals surface area contributed by atoms with Gasteiger partial charge in [0.15, 0.2) is 5.78 Å². The van der Waals surface area contributed by atoms with Crippen LogP contribution in [0.1, 0.15) is 18.5 Å². The average Bonchev–Trinajstić information content (AvgIpc) is 2.56. The fraction of sp³-hybridized carbons (Fsp3) is 0.222. The standard InChI is InChI=1S/C18H20N2O2/c1-14(19)18(22)17(15-8-4-2-5-9-15)20(12-13-21)16-10-6-3-7-11-16/h2-11,13-14,17H,12,19H2,1H3/t14-,17?/m0/s1. The Labute approximate surface area is 130 Å². The Morgan fingerprint density at radius 3 is 2.14 bits per heavy atom. The van der Waals surface area contributed by atoms with E-state index < -0.39 is 12.1 Å². The van der Waals surface area contributed by atoms with E-state index in [1.165, 1.54) is 0 Å². The van der Waals surface area contributed by atoms with E-state index in [1.54, 1.807) is 11.8 Å². The third-order valence-corrected chi connectivity index (χ3v) is 3.50. The van der Waals surface area contributed by atoms with Gasteiger partial charge in [-0.2, -0.15) is 0 Å². The summed E-state index contributed by atoms with van der Waals surface area (Å²) < 4.78 is 0. The number of anilines is 1. The molecular formula is C18H20N2O2. The van der Waals surface area contributed by atoms with Gasteiger partial charge in [-0.15, -0.1) is 0 Å². The van der Waals surface area contributed by atoms with Gasteiger partial charge in [-0.25, -0.2) is 0 Å².